The number of nitrogens with one attached hydrogen (secondary N) is 1. The van der Waals surface area contributed by atoms with Crippen LogP contribution in [0.4, 0.5) is 4.39 Å². The van der Waals surface area contributed by atoms with Crippen molar-refractivity contribution in [3.63, 3.8) is 0 Å². The minimum atomic E-state index is -0.976. The summed E-state index contributed by atoms with van der Waals surface area (Å²) in [4.78, 5) is 10.3. The fourth-order valence-electron chi connectivity index (χ4n) is 1.33. The molecule has 0 aromatic heterocycles. The summed E-state index contributed by atoms with van der Waals surface area (Å²) in [5.41, 5.74) is 1.47. The van der Waals surface area contributed by atoms with Crippen LogP contribution >= 0.6 is 0 Å². The summed E-state index contributed by atoms with van der Waals surface area (Å²) in [6, 6.07) is 6.36. The highest BCUT2D eigenvalue weighted by Crippen LogP contribution is 2.03. The molecule has 0 saturated carbocycles. The summed E-state index contributed by atoms with van der Waals surface area (Å²) in [6.07, 6.45) is 1.76. The molecule has 0 aliphatic carbocycles. The Morgan fingerprint density at radius 2 is 2.31 bits per heavy atom. The van der Waals surface area contributed by atoms with Gasteiger partial charge in [-0.15, -0.1) is 0 Å². The maximum atomic E-state index is 12.8. The van der Waals surface area contributed by atoms with E-state index in [1.165, 1.54) is 12.1 Å². The molecule has 0 fully saturated rings. The molecule has 86 valence electrons. The summed E-state index contributed by atoms with van der Waals surface area (Å²) >= 11 is 0. The zero-order valence-electron chi connectivity index (χ0n) is 9.03. The number of carbonyl (C=O) groups is 1. The van der Waals surface area contributed by atoms with Crippen molar-refractivity contribution in [3.8, 4) is 0 Å². The van der Waals surface area contributed by atoms with E-state index in [4.69, 9.17) is 5.11 Å². The molecule has 0 saturated heterocycles. The highest BCUT2D eigenvalue weighted by molar-refractivity contribution is 5.80. The van der Waals surface area contributed by atoms with Crippen LogP contribution in [0.25, 0.3) is 0 Å². The Bertz CT molecular complexity index is 402. The summed E-state index contributed by atoms with van der Waals surface area (Å²) in [5, 5.41) is 11.4. The summed E-state index contributed by atoms with van der Waals surface area (Å²) in [6.45, 7) is 2.26. The molecule has 0 atom stereocenters. The first-order valence-corrected chi connectivity index (χ1v) is 4.97. The van der Waals surface area contributed by atoms with E-state index in [9.17, 15) is 9.18 Å². The van der Waals surface area contributed by atoms with Crippen molar-refractivity contribution in [2.45, 2.75) is 13.3 Å². The van der Waals surface area contributed by atoms with Gasteiger partial charge in [-0.25, -0.2) is 9.18 Å². The number of hydrogen-bond acceptors (Lipinski definition) is 2. The van der Waals surface area contributed by atoms with Crippen molar-refractivity contribution in [2.75, 3.05) is 6.54 Å². The van der Waals surface area contributed by atoms with E-state index in [0.29, 0.717) is 18.7 Å². The van der Waals surface area contributed by atoms with Crippen LogP contribution in [0.2, 0.25) is 0 Å². The molecule has 0 bridgehead atoms. The van der Waals surface area contributed by atoms with E-state index in [0.717, 1.165) is 11.6 Å². The lowest BCUT2D eigenvalue weighted by molar-refractivity contribution is -0.131. The average Bonchev–Trinajstić information content (AvgIpc) is 2.16. The smallest absolute Gasteiger partial charge is 0.330 e. The van der Waals surface area contributed by atoms with Crippen LogP contribution in [-0.2, 0) is 11.2 Å². The number of hydrogen-bond donors (Lipinski definition) is 2. The van der Waals surface area contributed by atoms with Crippen LogP contribution in [0, 0.1) is 5.82 Å². The fraction of sp³-hybridized carbons (Fsp3) is 0.250. The van der Waals surface area contributed by atoms with E-state index >= 15 is 0 Å². The van der Waals surface area contributed by atoms with Gasteiger partial charge in [-0.05, 0) is 31.0 Å². The van der Waals surface area contributed by atoms with Crippen LogP contribution in [0.5, 0.6) is 0 Å². The van der Waals surface area contributed by atoms with E-state index < -0.39 is 5.97 Å². The second kappa shape index (κ2) is 5.90. The van der Waals surface area contributed by atoms with Gasteiger partial charge in [-0.2, -0.15) is 0 Å². The van der Waals surface area contributed by atoms with Crippen molar-refractivity contribution in [3.05, 3.63) is 47.4 Å². The summed E-state index contributed by atoms with van der Waals surface area (Å²) in [5.74, 6) is -1.23. The number of benzene rings is 1. The van der Waals surface area contributed by atoms with Gasteiger partial charge in [-0.1, -0.05) is 12.1 Å². The molecule has 2 N–H and O–H groups in total. The Morgan fingerprint density at radius 1 is 1.56 bits per heavy atom. The van der Waals surface area contributed by atoms with Gasteiger partial charge in [0.25, 0.3) is 0 Å². The van der Waals surface area contributed by atoms with E-state index in [2.05, 4.69) is 5.32 Å². The SMILES string of the molecule is C/C(=C/C(=O)O)NCCc1cccc(F)c1. The van der Waals surface area contributed by atoms with Gasteiger partial charge in [0.2, 0.25) is 0 Å². The molecule has 16 heavy (non-hydrogen) atoms. The zero-order valence-corrected chi connectivity index (χ0v) is 9.03. The maximum absolute atomic E-state index is 12.8. The highest BCUT2D eigenvalue weighted by atomic mass is 19.1. The molecule has 0 spiro atoms. The second-order valence-corrected chi connectivity index (χ2v) is 3.47. The molecule has 0 aliphatic rings. The number of halogens is 1. The molecular formula is C12H14FNO2. The molecule has 1 rings (SSSR count). The number of rotatable bonds is 5. The lowest BCUT2D eigenvalue weighted by Gasteiger charge is -2.05. The third-order valence-electron chi connectivity index (χ3n) is 2.05. The third kappa shape index (κ3) is 4.59. The predicted molar refractivity (Wildman–Crippen MR) is 59.5 cm³/mol. The summed E-state index contributed by atoms with van der Waals surface area (Å²) < 4.78 is 12.8. The molecule has 1 aromatic rings. The van der Waals surface area contributed by atoms with Crippen LogP contribution in [0.3, 0.4) is 0 Å². The second-order valence-electron chi connectivity index (χ2n) is 3.47. The van der Waals surface area contributed by atoms with Crippen LogP contribution in [-0.4, -0.2) is 17.6 Å². The molecule has 1 aromatic carbocycles. The molecule has 0 aliphatic heterocycles. The van der Waals surface area contributed by atoms with Crippen molar-refractivity contribution in [1.29, 1.82) is 0 Å². The Hall–Kier alpha value is -1.84. The van der Waals surface area contributed by atoms with Crippen molar-refractivity contribution in [2.24, 2.45) is 0 Å². The normalized spacial score (nSPS) is 11.2. The molecule has 4 heteroatoms. The van der Waals surface area contributed by atoms with Gasteiger partial charge in [-0.3, -0.25) is 0 Å². The molecule has 0 heterocycles. The largest absolute Gasteiger partial charge is 0.478 e. The average molecular weight is 223 g/mol. The Labute approximate surface area is 93.6 Å². The van der Waals surface area contributed by atoms with Gasteiger partial charge >= 0.3 is 5.97 Å². The zero-order chi connectivity index (χ0) is 12.0. The first kappa shape index (κ1) is 12.2. The van der Waals surface area contributed by atoms with E-state index in [1.807, 2.05) is 6.07 Å². The Balaban J connectivity index is 2.39. The molecule has 0 unspecified atom stereocenters. The Kier molecular flexibility index (Phi) is 4.51. The topological polar surface area (TPSA) is 49.3 Å². The van der Waals surface area contributed by atoms with E-state index in [1.54, 1.807) is 13.0 Å². The Morgan fingerprint density at radius 3 is 2.94 bits per heavy atom. The minimum Gasteiger partial charge on any atom is -0.478 e. The quantitative estimate of drug-likeness (QED) is 0.750. The lowest BCUT2D eigenvalue weighted by Crippen LogP contribution is -2.15. The van der Waals surface area contributed by atoms with Crippen molar-refractivity contribution >= 4 is 5.97 Å². The van der Waals surface area contributed by atoms with Gasteiger partial charge in [0.15, 0.2) is 0 Å². The van der Waals surface area contributed by atoms with Crippen molar-refractivity contribution in [1.82, 2.24) is 5.32 Å². The lowest BCUT2D eigenvalue weighted by atomic mass is 10.1. The standard InChI is InChI=1S/C12H14FNO2/c1-9(7-12(15)16)14-6-5-10-3-2-4-11(13)8-10/h2-4,7-8,14H,5-6H2,1H3,(H,15,16)/b9-7-. The predicted octanol–water partition coefficient (Wildman–Crippen LogP) is 1.95. The monoisotopic (exact) mass is 223 g/mol. The van der Waals surface area contributed by atoms with Crippen LogP contribution < -0.4 is 5.32 Å². The van der Waals surface area contributed by atoms with Gasteiger partial charge < -0.3 is 10.4 Å². The molecule has 0 radical (unpaired) electrons. The highest BCUT2D eigenvalue weighted by Gasteiger charge is 1.96. The van der Waals surface area contributed by atoms with E-state index in [-0.39, 0.29) is 5.82 Å². The minimum absolute atomic E-state index is 0.254. The van der Waals surface area contributed by atoms with Gasteiger partial charge in [0.1, 0.15) is 5.82 Å². The van der Waals surface area contributed by atoms with Crippen molar-refractivity contribution < 1.29 is 14.3 Å². The number of allylic oxidation sites excluding steroid dienone is 1. The number of carboxylic acid groups (broad SMARTS) is 1. The fourth-order valence-corrected chi connectivity index (χ4v) is 1.33. The van der Waals surface area contributed by atoms with Crippen LogP contribution in [0.15, 0.2) is 36.0 Å². The first-order chi connectivity index (χ1) is 7.58. The molecule has 3 nitrogen and oxygen atoms in total. The van der Waals surface area contributed by atoms with Crippen LogP contribution in [0.1, 0.15) is 12.5 Å². The third-order valence-corrected chi connectivity index (χ3v) is 2.05. The first-order valence-electron chi connectivity index (χ1n) is 4.97. The summed E-state index contributed by atoms with van der Waals surface area (Å²) in [7, 11) is 0. The van der Waals surface area contributed by atoms with Gasteiger partial charge in [0.05, 0.1) is 0 Å². The van der Waals surface area contributed by atoms with Gasteiger partial charge in [0, 0.05) is 18.3 Å². The number of aliphatic carboxylic acids is 1. The molecular weight excluding hydrogens is 209 g/mol. The number of carboxylic acids is 1. The molecule has 0 amide bonds. The maximum Gasteiger partial charge on any atom is 0.330 e.